The van der Waals surface area contributed by atoms with Crippen molar-refractivity contribution in [1.82, 2.24) is 4.90 Å². The van der Waals surface area contributed by atoms with Gasteiger partial charge in [0, 0.05) is 18.0 Å². The summed E-state index contributed by atoms with van der Waals surface area (Å²) in [6.07, 6.45) is -1.79. The third kappa shape index (κ3) is 3.81. The Kier molecular flexibility index (Phi) is 6.35. The topological polar surface area (TPSA) is 169 Å². The largest absolute Gasteiger partial charge is 0.493 e. The molecule has 1 aromatic rings. The first-order valence-electron chi connectivity index (χ1n) is 12.4. The van der Waals surface area contributed by atoms with Crippen LogP contribution in [-0.2, 0) is 40.5 Å². The van der Waals surface area contributed by atoms with Crippen LogP contribution in [0.1, 0.15) is 43.2 Å². The minimum absolute atomic E-state index is 0.0889. The number of rotatable bonds is 9. The van der Waals surface area contributed by atoms with Crippen LogP contribution in [0.15, 0.2) is 24.0 Å². The molecule has 38 heavy (non-hydrogen) atoms. The molecule has 4 aliphatic rings. The van der Waals surface area contributed by atoms with E-state index in [1.54, 1.807) is 12.1 Å². The molecule has 2 aliphatic carbocycles. The SMILES string of the molecule is COc1ccc2c3c1O[C@H]1C(OC(=O)[C@H](CC(=O)O)OC(=O)CCC(=O)O)=CC[C@@]4(O)[C@@H](C2)N(C)CC[C@]314. The second-order valence-corrected chi connectivity index (χ2v) is 10.2. The van der Waals surface area contributed by atoms with E-state index in [0.717, 1.165) is 11.1 Å². The first kappa shape index (κ1) is 26.0. The second-order valence-electron chi connectivity index (χ2n) is 10.2. The number of likely N-dealkylation sites (tertiary alicyclic amines) is 1. The van der Waals surface area contributed by atoms with Crippen molar-refractivity contribution in [2.45, 2.75) is 67.8 Å². The summed E-state index contributed by atoms with van der Waals surface area (Å²) in [6, 6.07) is 3.55. The lowest BCUT2D eigenvalue weighted by atomic mass is 9.50. The van der Waals surface area contributed by atoms with Crippen LogP contribution in [0.3, 0.4) is 0 Å². The molecule has 5 rings (SSSR count). The van der Waals surface area contributed by atoms with Crippen LogP contribution in [-0.4, -0.2) is 88.6 Å². The van der Waals surface area contributed by atoms with Crippen molar-refractivity contribution in [2.24, 2.45) is 0 Å². The van der Waals surface area contributed by atoms with Gasteiger partial charge in [-0.25, -0.2) is 4.79 Å². The van der Waals surface area contributed by atoms with E-state index in [2.05, 4.69) is 4.90 Å². The lowest BCUT2D eigenvalue weighted by Gasteiger charge is -2.61. The van der Waals surface area contributed by atoms with Crippen molar-refractivity contribution < 1.29 is 53.4 Å². The predicted molar refractivity (Wildman–Crippen MR) is 127 cm³/mol. The number of likely N-dealkylation sites (N-methyl/N-ethyl adjacent to an activating group) is 1. The third-order valence-corrected chi connectivity index (χ3v) is 8.22. The maximum absolute atomic E-state index is 13.1. The highest BCUT2D eigenvalue weighted by atomic mass is 16.6. The molecule has 0 unspecified atom stereocenters. The molecule has 1 saturated heterocycles. The Morgan fingerprint density at radius 3 is 2.63 bits per heavy atom. The summed E-state index contributed by atoms with van der Waals surface area (Å²) in [7, 11) is 3.48. The third-order valence-electron chi connectivity index (χ3n) is 8.22. The lowest BCUT2D eigenvalue weighted by Crippen LogP contribution is -2.74. The van der Waals surface area contributed by atoms with Crippen LogP contribution < -0.4 is 9.47 Å². The molecule has 204 valence electrons. The van der Waals surface area contributed by atoms with Crippen molar-refractivity contribution in [3.8, 4) is 11.5 Å². The van der Waals surface area contributed by atoms with Gasteiger partial charge >= 0.3 is 23.9 Å². The summed E-state index contributed by atoms with van der Waals surface area (Å²) in [5, 5.41) is 30.2. The lowest BCUT2D eigenvalue weighted by molar-refractivity contribution is -0.177. The Hall–Kier alpha value is -3.64. The quantitative estimate of drug-likeness (QED) is 0.383. The molecule has 1 spiro atoms. The van der Waals surface area contributed by atoms with Crippen LogP contribution in [0.2, 0.25) is 0 Å². The molecule has 3 N–H and O–H groups in total. The van der Waals surface area contributed by atoms with E-state index in [-0.39, 0.29) is 18.2 Å². The second kappa shape index (κ2) is 9.28. The number of carboxylic acids is 2. The molecular weight excluding hydrogens is 502 g/mol. The zero-order valence-electron chi connectivity index (χ0n) is 21.0. The van der Waals surface area contributed by atoms with Gasteiger partial charge in [-0.3, -0.25) is 14.4 Å². The number of esters is 2. The van der Waals surface area contributed by atoms with Gasteiger partial charge in [-0.05, 0) is 44.1 Å². The number of carboxylic acid groups (broad SMARTS) is 2. The zero-order chi connectivity index (χ0) is 27.4. The number of nitrogens with zero attached hydrogens (tertiary/aromatic N) is 1. The summed E-state index contributed by atoms with van der Waals surface area (Å²) in [4.78, 5) is 49.4. The fourth-order valence-corrected chi connectivity index (χ4v) is 6.53. The minimum Gasteiger partial charge on any atom is -0.493 e. The average Bonchev–Trinajstić information content (AvgIpc) is 3.21. The van der Waals surface area contributed by atoms with Crippen LogP contribution in [0, 0.1) is 0 Å². The molecule has 2 heterocycles. The van der Waals surface area contributed by atoms with Crippen LogP contribution in [0.5, 0.6) is 11.5 Å². The number of methoxy groups -OCH3 is 1. The van der Waals surface area contributed by atoms with E-state index in [4.69, 9.17) is 24.1 Å². The first-order valence-corrected chi connectivity index (χ1v) is 12.4. The van der Waals surface area contributed by atoms with Crippen LogP contribution >= 0.6 is 0 Å². The predicted octanol–water partition coefficient (Wildman–Crippen LogP) is 0.767. The van der Waals surface area contributed by atoms with E-state index in [1.165, 1.54) is 7.11 Å². The monoisotopic (exact) mass is 531 g/mol. The van der Waals surface area contributed by atoms with Gasteiger partial charge in [0.25, 0.3) is 0 Å². The van der Waals surface area contributed by atoms with Crippen molar-refractivity contribution in [1.29, 1.82) is 0 Å². The molecule has 0 saturated carbocycles. The molecule has 12 nitrogen and oxygen atoms in total. The van der Waals surface area contributed by atoms with Crippen molar-refractivity contribution in [2.75, 3.05) is 20.7 Å². The molecule has 2 bridgehead atoms. The highest BCUT2D eigenvalue weighted by molar-refractivity contribution is 5.85. The Labute approximate surface area is 217 Å². The van der Waals surface area contributed by atoms with Crippen LogP contribution in [0.4, 0.5) is 0 Å². The normalized spacial score (nSPS) is 29.3. The van der Waals surface area contributed by atoms with Gasteiger partial charge in [0.15, 0.2) is 17.6 Å². The average molecular weight is 532 g/mol. The summed E-state index contributed by atoms with van der Waals surface area (Å²) in [6.45, 7) is 0.660. The fourth-order valence-electron chi connectivity index (χ4n) is 6.53. The molecular formula is C26H29NO11. The number of hydrogen-bond acceptors (Lipinski definition) is 10. The number of aliphatic hydroxyl groups is 1. The van der Waals surface area contributed by atoms with E-state index in [9.17, 15) is 29.4 Å². The van der Waals surface area contributed by atoms with Crippen molar-refractivity contribution in [3.05, 3.63) is 35.1 Å². The molecule has 0 amide bonds. The number of piperidine rings is 1. The van der Waals surface area contributed by atoms with Gasteiger partial charge in [-0.1, -0.05) is 6.07 Å². The van der Waals surface area contributed by atoms with Crippen LogP contribution in [0.25, 0.3) is 0 Å². The standard InChI is InChI=1S/C26H29NO11/c1-27-10-9-25-21-13-3-4-14(35-2)22(21)38-23(25)15(7-8-26(25,34)17(27)11-13)37-24(33)16(12-19(30)31)36-20(32)6-5-18(28)29/h3-4,7,16-17,23,34H,5-6,8-12H2,1-2H3,(H,28,29)(H,30,31)/t16-,17+,23-,25-,26+/m0/s1. The number of carbonyl (C=O) groups is 4. The maximum atomic E-state index is 13.1. The molecule has 5 atom stereocenters. The van der Waals surface area contributed by atoms with Gasteiger partial charge in [0.05, 0.1) is 37.4 Å². The fraction of sp³-hybridized carbons (Fsp3) is 0.538. The Bertz CT molecular complexity index is 1240. The molecule has 0 aromatic heterocycles. The van der Waals surface area contributed by atoms with Gasteiger partial charge < -0.3 is 39.2 Å². The number of carbonyl (C=O) groups excluding carboxylic acids is 2. The number of ether oxygens (including phenoxy) is 4. The Morgan fingerprint density at radius 2 is 1.95 bits per heavy atom. The van der Waals surface area contributed by atoms with Gasteiger partial charge in [-0.2, -0.15) is 0 Å². The molecule has 2 aliphatic heterocycles. The van der Waals surface area contributed by atoms with Gasteiger partial charge in [0.1, 0.15) is 5.76 Å². The molecule has 1 fully saturated rings. The van der Waals surface area contributed by atoms with Gasteiger partial charge in [-0.15, -0.1) is 0 Å². The zero-order valence-corrected chi connectivity index (χ0v) is 21.0. The molecule has 12 heteroatoms. The summed E-state index contributed by atoms with van der Waals surface area (Å²) >= 11 is 0. The van der Waals surface area contributed by atoms with Gasteiger partial charge in [0.2, 0.25) is 6.10 Å². The summed E-state index contributed by atoms with van der Waals surface area (Å²) in [5.74, 6) is -3.77. The van der Waals surface area contributed by atoms with E-state index >= 15 is 0 Å². The molecule has 1 aromatic carbocycles. The smallest absolute Gasteiger partial charge is 0.353 e. The molecule has 0 radical (unpaired) electrons. The number of benzene rings is 1. The maximum Gasteiger partial charge on any atom is 0.353 e. The summed E-state index contributed by atoms with van der Waals surface area (Å²) < 4.78 is 22.6. The minimum atomic E-state index is -1.79. The van der Waals surface area contributed by atoms with E-state index < -0.39 is 66.4 Å². The Balaban J connectivity index is 1.48. The first-order chi connectivity index (χ1) is 18.0. The van der Waals surface area contributed by atoms with Crippen molar-refractivity contribution in [3.63, 3.8) is 0 Å². The van der Waals surface area contributed by atoms with E-state index in [0.29, 0.717) is 30.9 Å². The number of hydrogen-bond donors (Lipinski definition) is 3. The van der Waals surface area contributed by atoms with Crippen molar-refractivity contribution >= 4 is 23.9 Å². The Morgan fingerprint density at radius 1 is 1.18 bits per heavy atom. The highest BCUT2D eigenvalue weighted by Gasteiger charge is 2.72. The highest BCUT2D eigenvalue weighted by Crippen LogP contribution is 2.65. The van der Waals surface area contributed by atoms with E-state index in [1.807, 2.05) is 13.1 Å². The summed E-state index contributed by atoms with van der Waals surface area (Å²) in [5.41, 5.74) is -0.327. The number of aliphatic carboxylic acids is 2.